The van der Waals surface area contributed by atoms with Crippen LogP contribution in [0.3, 0.4) is 0 Å². The molecule has 0 saturated carbocycles. The number of hydrogen-bond donors (Lipinski definition) is 2. The molecule has 0 aliphatic heterocycles. The fourth-order valence-corrected chi connectivity index (χ4v) is 4.24. The van der Waals surface area contributed by atoms with Crippen molar-refractivity contribution < 1.29 is 27.6 Å². The predicted molar refractivity (Wildman–Crippen MR) is 130 cm³/mol. The van der Waals surface area contributed by atoms with E-state index in [9.17, 15) is 23.3 Å². The third-order valence-corrected chi connectivity index (χ3v) is 5.98. The monoisotopic (exact) mass is 499 g/mol. The molecule has 3 rings (SSSR count). The Morgan fingerprint density at radius 2 is 1.69 bits per heavy atom. The smallest absolute Gasteiger partial charge is 0.329 e. The Balaban J connectivity index is 2.00. The number of rotatable bonds is 7. The van der Waals surface area contributed by atoms with Crippen molar-refractivity contribution in [3.63, 3.8) is 0 Å². The van der Waals surface area contributed by atoms with Gasteiger partial charge >= 0.3 is 6.03 Å². The van der Waals surface area contributed by atoms with Crippen LogP contribution in [0.5, 0.6) is 17.2 Å². The lowest BCUT2D eigenvalue weighted by Gasteiger charge is -2.21. The van der Waals surface area contributed by atoms with E-state index in [0.29, 0.717) is 5.75 Å². The summed E-state index contributed by atoms with van der Waals surface area (Å²) in [5.74, 6) is 0.721. The summed E-state index contributed by atoms with van der Waals surface area (Å²) in [4.78, 5) is 22.2. The summed E-state index contributed by atoms with van der Waals surface area (Å²) in [6.45, 7) is 5.03. The third-order valence-electron chi connectivity index (χ3n) is 4.62. The molecule has 0 heterocycles. The lowest BCUT2D eigenvalue weighted by atomic mass is 10.0. The third kappa shape index (κ3) is 6.48. The average molecular weight is 500 g/mol. The van der Waals surface area contributed by atoms with Crippen molar-refractivity contribution in [3.05, 3.63) is 76.8 Å². The fourth-order valence-electron chi connectivity index (χ4n) is 3.18. The zero-order valence-electron chi connectivity index (χ0n) is 19.6. The minimum atomic E-state index is -4.52. The first-order chi connectivity index (χ1) is 16.4. The highest BCUT2D eigenvalue weighted by atomic mass is 32.2. The Kier molecular flexibility index (Phi) is 7.30. The quantitative estimate of drug-likeness (QED) is 0.350. The number of carbonyl (C=O) groups is 1. The number of para-hydroxylation sites is 1. The maximum absolute atomic E-state index is 13.0. The van der Waals surface area contributed by atoms with E-state index in [4.69, 9.17) is 9.47 Å². The van der Waals surface area contributed by atoms with Gasteiger partial charge in [-0.05, 0) is 50.6 Å². The summed E-state index contributed by atoms with van der Waals surface area (Å²) in [5, 5.41) is 13.8. The van der Waals surface area contributed by atoms with Crippen LogP contribution in [0, 0.1) is 10.1 Å². The van der Waals surface area contributed by atoms with Crippen LogP contribution in [0.1, 0.15) is 20.8 Å². The van der Waals surface area contributed by atoms with Gasteiger partial charge in [-0.25, -0.2) is 17.9 Å². The van der Waals surface area contributed by atoms with Crippen molar-refractivity contribution in [2.24, 2.45) is 0 Å². The van der Waals surface area contributed by atoms with Crippen LogP contribution < -0.4 is 19.5 Å². The van der Waals surface area contributed by atoms with Gasteiger partial charge in [0, 0.05) is 23.2 Å². The molecule has 0 atom stereocenters. The Bertz CT molecular complexity index is 1370. The Hall–Kier alpha value is -4.12. The summed E-state index contributed by atoms with van der Waals surface area (Å²) in [5.41, 5.74) is 0.351. The van der Waals surface area contributed by atoms with Crippen LogP contribution in [0.25, 0.3) is 11.1 Å². The number of non-ortho nitro benzene ring substituents is 1. The van der Waals surface area contributed by atoms with E-state index in [-0.39, 0.29) is 11.5 Å². The fraction of sp³-hybridized carbons (Fsp3) is 0.208. The Morgan fingerprint density at radius 1 is 0.971 bits per heavy atom. The molecule has 2 N–H and O–H groups in total. The Morgan fingerprint density at radius 3 is 2.34 bits per heavy atom. The summed E-state index contributed by atoms with van der Waals surface area (Å²) in [7, 11) is -2.97. The normalized spacial score (nSPS) is 11.4. The van der Waals surface area contributed by atoms with Crippen molar-refractivity contribution in [1.29, 1.82) is 0 Å². The molecule has 0 bridgehead atoms. The SMILES string of the molecule is COc1ccccc1-c1cccc(Oc2ccc([N+](=O)[O-])cc2S(=O)(=O)NC(=O)NC(C)(C)C)c1. The van der Waals surface area contributed by atoms with Crippen LogP contribution >= 0.6 is 0 Å². The summed E-state index contributed by atoms with van der Waals surface area (Å²) >= 11 is 0. The predicted octanol–water partition coefficient (Wildman–Crippen LogP) is 4.85. The lowest BCUT2D eigenvalue weighted by molar-refractivity contribution is -0.385. The van der Waals surface area contributed by atoms with E-state index in [1.165, 1.54) is 6.07 Å². The van der Waals surface area contributed by atoms with Gasteiger partial charge < -0.3 is 14.8 Å². The first-order valence-electron chi connectivity index (χ1n) is 10.4. The number of hydrogen-bond acceptors (Lipinski definition) is 7. The van der Waals surface area contributed by atoms with Gasteiger partial charge in [0.15, 0.2) is 0 Å². The summed E-state index contributed by atoms with van der Waals surface area (Å²) in [6, 6.07) is 16.3. The molecule has 3 aromatic rings. The molecule has 0 aromatic heterocycles. The molecular formula is C24H25N3O7S. The molecule has 0 radical (unpaired) electrons. The number of ether oxygens (including phenoxy) is 2. The molecule has 3 aromatic carbocycles. The molecule has 184 valence electrons. The molecule has 11 heteroatoms. The molecule has 10 nitrogen and oxygen atoms in total. The lowest BCUT2D eigenvalue weighted by Crippen LogP contribution is -2.48. The van der Waals surface area contributed by atoms with Crippen LogP contribution in [0.15, 0.2) is 71.6 Å². The number of methoxy groups -OCH3 is 1. The highest BCUT2D eigenvalue weighted by molar-refractivity contribution is 7.90. The van der Waals surface area contributed by atoms with Gasteiger partial charge in [-0.2, -0.15) is 0 Å². The molecule has 0 spiro atoms. The van der Waals surface area contributed by atoms with Gasteiger partial charge in [0.2, 0.25) is 0 Å². The van der Waals surface area contributed by atoms with E-state index in [1.54, 1.807) is 52.1 Å². The van der Waals surface area contributed by atoms with Gasteiger partial charge in [-0.15, -0.1) is 0 Å². The molecule has 0 unspecified atom stereocenters. The molecule has 0 aliphatic carbocycles. The first-order valence-corrected chi connectivity index (χ1v) is 11.9. The maximum atomic E-state index is 13.0. The van der Waals surface area contributed by atoms with Crippen LogP contribution in [-0.4, -0.2) is 32.0 Å². The largest absolute Gasteiger partial charge is 0.496 e. The molecule has 0 aliphatic rings. The number of sulfonamides is 1. The molecule has 2 amide bonds. The molecule has 0 saturated heterocycles. The van der Waals surface area contributed by atoms with Crippen molar-refractivity contribution >= 4 is 21.7 Å². The number of nitro groups is 1. The van der Waals surface area contributed by atoms with Crippen molar-refractivity contribution in [2.75, 3.05) is 7.11 Å². The second-order valence-corrected chi connectivity index (χ2v) is 10.2. The van der Waals surface area contributed by atoms with Crippen molar-refractivity contribution in [3.8, 4) is 28.4 Å². The van der Waals surface area contributed by atoms with Crippen LogP contribution in [-0.2, 0) is 10.0 Å². The molecule has 35 heavy (non-hydrogen) atoms. The van der Waals surface area contributed by atoms with Crippen LogP contribution in [0.4, 0.5) is 10.5 Å². The highest BCUT2D eigenvalue weighted by Crippen LogP contribution is 2.35. The number of nitro benzene ring substituents is 1. The van der Waals surface area contributed by atoms with Crippen molar-refractivity contribution in [1.82, 2.24) is 10.0 Å². The summed E-state index contributed by atoms with van der Waals surface area (Å²) < 4.78 is 39.1. The second kappa shape index (κ2) is 10.0. The van der Waals surface area contributed by atoms with Gasteiger partial charge in [0.25, 0.3) is 15.7 Å². The minimum Gasteiger partial charge on any atom is -0.496 e. The van der Waals surface area contributed by atoms with E-state index < -0.39 is 37.1 Å². The maximum Gasteiger partial charge on any atom is 0.329 e. The van der Waals surface area contributed by atoms with Gasteiger partial charge in [0.05, 0.1) is 12.0 Å². The number of nitrogens with zero attached hydrogens (tertiary/aromatic N) is 1. The first kappa shape index (κ1) is 25.5. The van der Waals surface area contributed by atoms with Gasteiger partial charge in [-0.3, -0.25) is 10.1 Å². The molecule has 0 fully saturated rings. The number of benzene rings is 3. The van der Waals surface area contributed by atoms with E-state index in [0.717, 1.165) is 23.3 Å². The standard InChI is InChI=1S/C24H25N3O7S/c1-24(2,3)25-23(28)26-35(31,32)22-15-17(27(29)30)12-13-21(22)34-18-9-7-8-16(14-18)19-10-5-6-11-20(19)33-4/h5-15H,1-4H3,(H2,25,26,28). The van der Waals surface area contributed by atoms with E-state index in [2.05, 4.69) is 5.32 Å². The summed E-state index contributed by atoms with van der Waals surface area (Å²) in [6.07, 6.45) is 0. The zero-order chi connectivity index (χ0) is 25.8. The Labute approximate surface area is 203 Å². The van der Waals surface area contributed by atoms with E-state index in [1.807, 2.05) is 29.0 Å². The average Bonchev–Trinajstić information content (AvgIpc) is 2.77. The van der Waals surface area contributed by atoms with Gasteiger partial charge in [-0.1, -0.05) is 30.3 Å². The van der Waals surface area contributed by atoms with Crippen molar-refractivity contribution in [2.45, 2.75) is 31.2 Å². The van der Waals surface area contributed by atoms with E-state index >= 15 is 0 Å². The van der Waals surface area contributed by atoms with Crippen LogP contribution in [0.2, 0.25) is 0 Å². The number of carbonyl (C=O) groups excluding carboxylic acids is 1. The minimum absolute atomic E-state index is 0.191. The number of nitrogens with one attached hydrogen (secondary N) is 2. The number of amides is 2. The zero-order valence-corrected chi connectivity index (χ0v) is 20.4. The second-order valence-electron chi connectivity index (χ2n) is 8.53. The topological polar surface area (TPSA) is 137 Å². The highest BCUT2D eigenvalue weighted by Gasteiger charge is 2.27. The number of urea groups is 1. The molecular weight excluding hydrogens is 474 g/mol. The van der Waals surface area contributed by atoms with Gasteiger partial charge in [0.1, 0.15) is 22.1 Å².